The van der Waals surface area contributed by atoms with Crippen LogP contribution in [0, 0.1) is 6.92 Å². The fraction of sp³-hybridized carbons (Fsp3) is 0.250. The summed E-state index contributed by atoms with van der Waals surface area (Å²) in [5, 5.41) is 8.11. The summed E-state index contributed by atoms with van der Waals surface area (Å²) in [4.78, 5) is 11.4. The maximum Gasteiger partial charge on any atom is 0.276 e. The molecule has 0 saturated heterocycles. The molecule has 0 aliphatic carbocycles. The van der Waals surface area contributed by atoms with Crippen molar-refractivity contribution in [1.82, 2.24) is 15.6 Å². The highest BCUT2D eigenvalue weighted by Gasteiger charge is 2.05. The highest BCUT2D eigenvalue weighted by molar-refractivity contribution is 7.99. The fourth-order valence-corrected chi connectivity index (χ4v) is 2.06. The van der Waals surface area contributed by atoms with Crippen molar-refractivity contribution < 1.29 is 13.9 Å². The van der Waals surface area contributed by atoms with Crippen LogP contribution in [0.4, 0.5) is 0 Å². The molecule has 2 aromatic rings. The molecular weight excluding hydrogens is 280 g/mol. The number of hydrogen-bond acceptors (Lipinski definition) is 7. The van der Waals surface area contributed by atoms with Crippen LogP contribution in [0.2, 0.25) is 0 Å². The second-order valence-electron chi connectivity index (χ2n) is 3.79. The van der Waals surface area contributed by atoms with E-state index in [1.54, 1.807) is 31.2 Å². The lowest BCUT2D eigenvalue weighted by atomic mass is 10.2. The lowest BCUT2D eigenvalue weighted by molar-refractivity contribution is 0.0953. The van der Waals surface area contributed by atoms with E-state index in [9.17, 15) is 4.79 Å². The number of rotatable bonds is 6. The number of hydrogen-bond donors (Lipinski definition) is 2. The van der Waals surface area contributed by atoms with Gasteiger partial charge in [-0.15, -0.1) is 10.2 Å². The van der Waals surface area contributed by atoms with E-state index in [1.165, 1.54) is 11.8 Å². The Bertz CT molecular complexity index is 588. The number of amides is 1. The minimum Gasteiger partial charge on any atom is -0.493 e. The second-order valence-corrected chi connectivity index (χ2v) is 4.83. The molecule has 0 saturated carbocycles. The van der Waals surface area contributed by atoms with Crippen molar-refractivity contribution in [2.45, 2.75) is 12.1 Å². The Labute approximate surface area is 119 Å². The number of carbonyl (C=O) groups excluding carboxylic acids is 1. The molecule has 2 rings (SSSR count). The maximum absolute atomic E-state index is 11.4. The summed E-state index contributed by atoms with van der Waals surface area (Å²) < 4.78 is 10.8. The molecule has 3 N–H and O–H groups in total. The van der Waals surface area contributed by atoms with E-state index < -0.39 is 0 Å². The van der Waals surface area contributed by atoms with E-state index in [2.05, 4.69) is 15.6 Å². The molecule has 0 aliphatic rings. The lowest BCUT2D eigenvalue weighted by Crippen LogP contribution is -2.29. The molecule has 0 radical (unpaired) electrons. The highest BCUT2D eigenvalue weighted by Crippen LogP contribution is 2.17. The normalized spacial score (nSPS) is 10.3. The first kappa shape index (κ1) is 14.4. The van der Waals surface area contributed by atoms with Crippen LogP contribution in [0.3, 0.4) is 0 Å². The van der Waals surface area contributed by atoms with Crippen LogP contribution in [0.1, 0.15) is 16.2 Å². The van der Waals surface area contributed by atoms with Crippen molar-refractivity contribution in [3.8, 4) is 5.75 Å². The first-order valence-electron chi connectivity index (χ1n) is 5.86. The fourth-order valence-electron chi connectivity index (χ4n) is 1.44. The minimum absolute atomic E-state index is 0.355. The minimum atomic E-state index is -0.355. The SMILES string of the molecule is Cc1nnc(SCCOc2cccc(C(=O)NN)c2)o1. The predicted octanol–water partition coefficient (Wildman–Crippen LogP) is 1.15. The first-order valence-corrected chi connectivity index (χ1v) is 6.84. The summed E-state index contributed by atoms with van der Waals surface area (Å²) >= 11 is 1.41. The molecule has 1 aromatic heterocycles. The number of nitrogens with zero attached hydrogens (tertiary/aromatic N) is 2. The van der Waals surface area contributed by atoms with E-state index in [0.717, 1.165) is 0 Å². The van der Waals surface area contributed by atoms with Gasteiger partial charge in [-0.1, -0.05) is 17.8 Å². The van der Waals surface area contributed by atoms with Crippen molar-refractivity contribution in [2.24, 2.45) is 5.84 Å². The molecule has 0 atom stereocenters. The van der Waals surface area contributed by atoms with Gasteiger partial charge < -0.3 is 9.15 Å². The number of thioether (sulfide) groups is 1. The third-order valence-corrected chi connectivity index (χ3v) is 3.10. The van der Waals surface area contributed by atoms with E-state index in [-0.39, 0.29) is 5.91 Å². The average Bonchev–Trinajstić information content (AvgIpc) is 2.88. The summed E-state index contributed by atoms with van der Waals surface area (Å²) in [5.74, 6) is 6.52. The predicted molar refractivity (Wildman–Crippen MR) is 73.3 cm³/mol. The molecule has 0 spiro atoms. The van der Waals surface area contributed by atoms with Gasteiger partial charge in [-0.25, -0.2) is 5.84 Å². The number of ether oxygens (including phenoxy) is 1. The molecule has 0 bridgehead atoms. The van der Waals surface area contributed by atoms with Crippen molar-refractivity contribution in [2.75, 3.05) is 12.4 Å². The quantitative estimate of drug-likeness (QED) is 0.271. The summed E-state index contributed by atoms with van der Waals surface area (Å²) in [7, 11) is 0. The van der Waals surface area contributed by atoms with Crippen LogP contribution in [-0.2, 0) is 0 Å². The first-order chi connectivity index (χ1) is 9.69. The Balaban J connectivity index is 1.80. The van der Waals surface area contributed by atoms with Crippen LogP contribution in [-0.4, -0.2) is 28.5 Å². The Kier molecular flexibility index (Phi) is 4.97. The molecule has 1 amide bonds. The van der Waals surface area contributed by atoms with E-state index >= 15 is 0 Å². The number of aryl methyl sites for hydroxylation is 1. The van der Waals surface area contributed by atoms with Crippen LogP contribution in [0.5, 0.6) is 5.75 Å². The van der Waals surface area contributed by atoms with Gasteiger partial charge in [-0.05, 0) is 18.2 Å². The molecule has 0 aliphatic heterocycles. The van der Waals surface area contributed by atoms with Crippen molar-refractivity contribution in [3.63, 3.8) is 0 Å². The Morgan fingerprint density at radius 3 is 3.05 bits per heavy atom. The monoisotopic (exact) mass is 294 g/mol. The highest BCUT2D eigenvalue weighted by atomic mass is 32.2. The molecule has 1 aromatic carbocycles. The molecule has 8 heteroatoms. The zero-order chi connectivity index (χ0) is 14.4. The Hall–Kier alpha value is -2.06. The summed E-state index contributed by atoms with van der Waals surface area (Å²) in [6.07, 6.45) is 0. The van der Waals surface area contributed by atoms with Gasteiger partial charge in [0.05, 0.1) is 6.61 Å². The number of nitrogens with one attached hydrogen (secondary N) is 1. The molecule has 106 valence electrons. The number of nitrogen functional groups attached to an aromatic ring is 1. The molecule has 0 fully saturated rings. The topological polar surface area (TPSA) is 103 Å². The van der Waals surface area contributed by atoms with E-state index in [1.807, 2.05) is 0 Å². The van der Waals surface area contributed by atoms with Gasteiger partial charge in [0, 0.05) is 18.2 Å². The van der Waals surface area contributed by atoms with Crippen LogP contribution < -0.4 is 16.0 Å². The molecule has 20 heavy (non-hydrogen) atoms. The number of carbonyl (C=O) groups is 1. The smallest absolute Gasteiger partial charge is 0.276 e. The number of aromatic nitrogens is 2. The van der Waals surface area contributed by atoms with Gasteiger partial charge in [0.25, 0.3) is 11.1 Å². The van der Waals surface area contributed by atoms with Gasteiger partial charge in [-0.2, -0.15) is 0 Å². The third kappa shape index (κ3) is 3.97. The average molecular weight is 294 g/mol. The van der Waals surface area contributed by atoms with Gasteiger partial charge in [-0.3, -0.25) is 10.2 Å². The van der Waals surface area contributed by atoms with Gasteiger partial charge in [0.2, 0.25) is 5.89 Å². The van der Waals surface area contributed by atoms with Crippen molar-refractivity contribution in [3.05, 3.63) is 35.7 Å². The zero-order valence-electron chi connectivity index (χ0n) is 10.8. The Morgan fingerprint density at radius 1 is 1.50 bits per heavy atom. The number of benzene rings is 1. The third-order valence-electron chi connectivity index (χ3n) is 2.31. The Morgan fingerprint density at radius 2 is 2.35 bits per heavy atom. The molecule has 7 nitrogen and oxygen atoms in total. The summed E-state index contributed by atoms with van der Waals surface area (Å²) in [6, 6.07) is 6.79. The number of nitrogens with two attached hydrogens (primary N) is 1. The van der Waals surface area contributed by atoms with Gasteiger partial charge in [0.15, 0.2) is 0 Å². The number of hydrazine groups is 1. The van der Waals surface area contributed by atoms with E-state index in [0.29, 0.717) is 34.8 Å². The van der Waals surface area contributed by atoms with Crippen molar-refractivity contribution in [1.29, 1.82) is 0 Å². The van der Waals surface area contributed by atoms with Crippen LogP contribution in [0.25, 0.3) is 0 Å². The summed E-state index contributed by atoms with van der Waals surface area (Å²) in [6.45, 7) is 2.20. The van der Waals surface area contributed by atoms with Crippen molar-refractivity contribution >= 4 is 17.7 Å². The van der Waals surface area contributed by atoms with E-state index in [4.69, 9.17) is 15.0 Å². The molecule has 0 unspecified atom stereocenters. The maximum atomic E-state index is 11.4. The standard InChI is InChI=1S/C12H14N4O3S/c1-8-15-16-12(19-8)20-6-5-18-10-4-2-3-9(7-10)11(17)14-13/h2-4,7H,5-6,13H2,1H3,(H,14,17). The van der Waals surface area contributed by atoms with Crippen LogP contribution in [0.15, 0.2) is 33.9 Å². The largest absolute Gasteiger partial charge is 0.493 e. The lowest BCUT2D eigenvalue weighted by Gasteiger charge is -2.06. The second kappa shape index (κ2) is 6.92. The zero-order valence-corrected chi connectivity index (χ0v) is 11.6. The van der Waals surface area contributed by atoms with Gasteiger partial charge in [0.1, 0.15) is 5.75 Å². The van der Waals surface area contributed by atoms with Gasteiger partial charge >= 0.3 is 0 Å². The van der Waals surface area contributed by atoms with Crippen LogP contribution >= 0.6 is 11.8 Å². The molecular formula is C12H14N4O3S. The molecule has 1 heterocycles. The summed E-state index contributed by atoms with van der Waals surface area (Å²) in [5.41, 5.74) is 2.52.